The van der Waals surface area contributed by atoms with Gasteiger partial charge < -0.3 is 19.1 Å². The number of rotatable bonds is 3. The minimum absolute atomic E-state index is 0.126. The fourth-order valence-corrected chi connectivity index (χ4v) is 5.29. The third-order valence-corrected chi connectivity index (χ3v) is 7.13. The molecule has 132 valence electrons. The zero-order valence-corrected chi connectivity index (χ0v) is 16.2. The Balaban J connectivity index is 2.50. The van der Waals surface area contributed by atoms with Gasteiger partial charge in [-0.05, 0) is 12.0 Å². The van der Waals surface area contributed by atoms with Crippen molar-refractivity contribution in [2.24, 2.45) is 5.92 Å². The summed E-state index contributed by atoms with van der Waals surface area (Å²) in [7, 11) is -1.29. The Morgan fingerprint density at radius 1 is 1.39 bits per heavy atom. The zero-order valence-electron chi connectivity index (χ0n) is 12.3. The molecule has 2 rings (SSSR count). The molecule has 0 radical (unpaired) electrons. The van der Waals surface area contributed by atoms with Gasteiger partial charge >= 0.3 is 7.60 Å². The molecule has 0 bridgehead atoms. The first-order chi connectivity index (χ1) is 10.5. The number of nitrogens with zero attached hydrogens (tertiary/aromatic N) is 1. The highest BCUT2D eigenvalue weighted by molar-refractivity contribution is 7.54. The molecule has 1 N–H and O–H groups in total. The second kappa shape index (κ2) is 7.00. The summed E-state index contributed by atoms with van der Waals surface area (Å²) in [5, 5.41) is 9.25. The van der Waals surface area contributed by atoms with E-state index in [9.17, 15) is 14.5 Å². The van der Waals surface area contributed by atoms with E-state index in [4.69, 9.17) is 55.5 Å². The molecular formula is C12H16Cl4NO5P. The lowest BCUT2D eigenvalue weighted by atomic mass is 9.88. The molecule has 0 aromatic carbocycles. The van der Waals surface area contributed by atoms with Crippen molar-refractivity contribution in [2.45, 2.75) is 27.5 Å². The molecular weight excluding hydrogens is 411 g/mol. The Morgan fingerprint density at radius 2 is 1.96 bits per heavy atom. The highest BCUT2D eigenvalue weighted by atomic mass is 35.6. The Hall–Kier alpha value is 0.480. The molecule has 1 aliphatic heterocycles. The average Bonchev–Trinajstić information content (AvgIpc) is 2.84. The largest absolute Gasteiger partial charge is 0.391 e. The van der Waals surface area contributed by atoms with Crippen molar-refractivity contribution in [1.29, 1.82) is 0 Å². The van der Waals surface area contributed by atoms with Crippen LogP contribution in [0.5, 0.6) is 0 Å². The van der Waals surface area contributed by atoms with Gasteiger partial charge in [-0.15, -0.1) is 11.6 Å². The van der Waals surface area contributed by atoms with Crippen molar-refractivity contribution in [1.82, 2.24) is 4.90 Å². The van der Waals surface area contributed by atoms with Gasteiger partial charge in [-0.25, -0.2) is 0 Å². The first kappa shape index (κ1) is 19.8. The van der Waals surface area contributed by atoms with E-state index in [1.165, 1.54) is 19.1 Å². The third-order valence-electron chi connectivity index (χ3n) is 4.04. The topological polar surface area (TPSA) is 76.1 Å². The molecule has 11 heteroatoms. The van der Waals surface area contributed by atoms with Crippen LogP contribution in [0.1, 0.15) is 6.42 Å². The van der Waals surface area contributed by atoms with Crippen LogP contribution >= 0.6 is 54.0 Å². The molecule has 1 aliphatic carbocycles. The number of amides is 1. The summed E-state index contributed by atoms with van der Waals surface area (Å²) in [6.45, 7) is 0.126. The quantitative estimate of drug-likeness (QED) is 0.426. The van der Waals surface area contributed by atoms with Crippen molar-refractivity contribution < 1.29 is 23.5 Å². The summed E-state index contributed by atoms with van der Waals surface area (Å²) in [6.07, 6.45) is 1.09. The van der Waals surface area contributed by atoms with E-state index in [-0.39, 0.29) is 12.5 Å². The van der Waals surface area contributed by atoms with E-state index in [1.807, 2.05) is 0 Å². The van der Waals surface area contributed by atoms with E-state index in [0.717, 1.165) is 0 Å². The minimum atomic E-state index is -3.72. The van der Waals surface area contributed by atoms with Crippen LogP contribution in [0, 0.1) is 5.92 Å². The summed E-state index contributed by atoms with van der Waals surface area (Å²) in [5.41, 5.74) is 0.588. The standard InChI is InChI=1S/C12H16Cl4NO5P/c1-21-23(20,22-2)10-7-4-8(13)9(18)3-6(7)5-17(10)11(19)12(14,15)16/h4,6,8-10,18H,3,5H2,1-2H3/t6-,8+,9-,10-/m0/s1. The fraction of sp³-hybridized carbons (Fsp3) is 0.750. The highest BCUT2D eigenvalue weighted by Gasteiger charge is 2.55. The Labute approximate surface area is 154 Å². The number of hydrogen-bond acceptors (Lipinski definition) is 5. The molecule has 2 aliphatic rings. The zero-order chi connectivity index (χ0) is 17.6. The number of halogens is 4. The predicted molar refractivity (Wildman–Crippen MR) is 89.3 cm³/mol. The van der Waals surface area contributed by atoms with Crippen LogP contribution in [-0.2, 0) is 18.4 Å². The summed E-state index contributed by atoms with van der Waals surface area (Å²) in [5.74, 6) is -2.14. The van der Waals surface area contributed by atoms with Crippen molar-refractivity contribution >= 4 is 59.9 Å². The fourth-order valence-electron chi connectivity index (χ4n) is 2.97. The molecule has 1 saturated heterocycles. The number of likely N-dealkylation sites (tertiary alicyclic amines) is 1. The minimum Gasteiger partial charge on any atom is -0.391 e. The summed E-state index contributed by atoms with van der Waals surface area (Å²) in [6, 6.07) is 0. The first-order valence-corrected chi connectivity index (χ1v) is 9.86. The molecule has 0 spiro atoms. The van der Waals surface area contributed by atoms with Gasteiger partial charge in [0.05, 0.1) is 11.5 Å². The van der Waals surface area contributed by atoms with Gasteiger partial charge in [0, 0.05) is 26.7 Å². The number of aliphatic hydroxyl groups excluding tert-OH is 1. The second-order valence-corrected chi connectivity index (χ2v) is 10.4. The van der Waals surface area contributed by atoms with Gasteiger partial charge in [0.25, 0.3) is 9.70 Å². The summed E-state index contributed by atoms with van der Waals surface area (Å²) < 4.78 is 20.8. The Bertz CT molecular complexity index is 558. The molecule has 4 atom stereocenters. The predicted octanol–water partition coefficient (Wildman–Crippen LogP) is 2.93. The number of hydrogen-bond donors (Lipinski definition) is 1. The van der Waals surface area contributed by atoms with Gasteiger partial charge in [0.1, 0.15) is 0 Å². The van der Waals surface area contributed by atoms with Gasteiger partial charge in [0.15, 0.2) is 5.78 Å². The maximum atomic E-state index is 12.9. The van der Waals surface area contributed by atoms with E-state index >= 15 is 0 Å². The number of fused-ring (bicyclic) bond motifs is 1. The Kier molecular flexibility index (Phi) is 6.03. The molecule has 0 unspecified atom stereocenters. The van der Waals surface area contributed by atoms with Crippen molar-refractivity contribution in [3.8, 4) is 0 Å². The molecule has 1 fully saturated rings. The smallest absolute Gasteiger partial charge is 0.356 e. The summed E-state index contributed by atoms with van der Waals surface area (Å²) >= 11 is 23.2. The van der Waals surface area contributed by atoms with Crippen LogP contribution in [0.15, 0.2) is 11.6 Å². The maximum absolute atomic E-state index is 12.9. The number of aliphatic hydroxyl groups is 1. The van der Waals surface area contributed by atoms with E-state index < -0.39 is 34.6 Å². The lowest BCUT2D eigenvalue weighted by molar-refractivity contribution is -0.130. The van der Waals surface area contributed by atoms with Crippen LogP contribution in [0.3, 0.4) is 0 Å². The molecule has 1 heterocycles. The number of carbonyl (C=O) groups is 1. The molecule has 0 aromatic heterocycles. The van der Waals surface area contributed by atoms with Gasteiger partial charge in [-0.3, -0.25) is 9.36 Å². The number of carbonyl (C=O) groups excluding carboxylic acids is 1. The maximum Gasteiger partial charge on any atom is 0.356 e. The molecule has 6 nitrogen and oxygen atoms in total. The molecule has 1 amide bonds. The van der Waals surface area contributed by atoms with Crippen molar-refractivity contribution in [3.05, 3.63) is 11.6 Å². The van der Waals surface area contributed by atoms with E-state index in [1.54, 1.807) is 6.08 Å². The average molecular weight is 427 g/mol. The van der Waals surface area contributed by atoms with E-state index in [0.29, 0.717) is 12.0 Å². The van der Waals surface area contributed by atoms with Crippen molar-refractivity contribution in [2.75, 3.05) is 20.8 Å². The monoisotopic (exact) mass is 425 g/mol. The van der Waals surface area contributed by atoms with Crippen molar-refractivity contribution in [3.63, 3.8) is 0 Å². The molecule has 0 aromatic rings. The molecule has 0 saturated carbocycles. The van der Waals surface area contributed by atoms with Gasteiger partial charge in [-0.1, -0.05) is 40.9 Å². The van der Waals surface area contributed by atoms with Crippen LogP contribution in [0.25, 0.3) is 0 Å². The third kappa shape index (κ3) is 3.70. The van der Waals surface area contributed by atoms with Crippen LogP contribution in [0.2, 0.25) is 0 Å². The normalized spacial score (nSPS) is 31.8. The lowest BCUT2D eigenvalue weighted by Crippen LogP contribution is -2.43. The van der Waals surface area contributed by atoms with Crippen LogP contribution < -0.4 is 0 Å². The van der Waals surface area contributed by atoms with E-state index in [2.05, 4.69) is 0 Å². The lowest BCUT2D eigenvalue weighted by Gasteiger charge is -2.32. The van der Waals surface area contributed by atoms with Gasteiger partial charge in [-0.2, -0.15) is 0 Å². The van der Waals surface area contributed by atoms with Crippen LogP contribution in [0.4, 0.5) is 0 Å². The second-order valence-electron chi connectivity index (χ2n) is 5.34. The van der Waals surface area contributed by atoms with Gasteiger partial charge in [0.2, 0.25) is 0 Å². The highest BCUT2D eigenvalue weighted by Crippen LogP contribution is 2.60. The Morgan fingerprint density at radius 3 is 2.43 bits per heavy atom. The molecule has 23 heavy (non-hydrogen) atoms. The SMILES string of the molecule is COP(=O)(OC)[C@H]1C2=C[C@@H](Cl)[C@@H](O)C[C@H]2CN1C(=O)C(Cl)(Cl)Cl. The van der Waals surface area contributed by atoms with Crippen LogP contribution in [-0.4, -0.2) is 57.7 Å². The number of alkyl halides is 4. The summed E-state index contributed by atoms with van der Waals surface area (Å²) in [4.78, 5) is 13.6. The first-order valence-electron chi connectivity index (χ1n) is 6.68.